The van der Waals surface area contributed by atoms with Crippen LogP contribution in [0.15, 0.2) is 16.2 Å². The highest BCUT2D eigenvalue weighted by Gasteiger charge is 2.63. The zero-order chi connectivity index (χ0) is 20.9. The molecular weight excluding hydrogens is 360 g/mol. The third-order valence-electron chi connectivity index (χ3n) is 6.59. The number of methoxy groups -OCH3 is 1. The van der Waals surface area contributed by atoms with E-state index in [0.29, 0.717) is 31.6 Å². The molecule has 7 nitrogen and oxygen atoms in total. The molecule has 2 heterocycles. The fourth-order valence-corrected chi connectivity index (χ4v) is 5.36. The van der Waals surface area contributed by atoms with Gasteiger partial charge in [0.1, 0.15) is 11.4 Å². The number of aromatic nitrogens is 1. The van der Waals surface area contributed by atoms with Crippen LogP contribution in [0.25, 0.3) is 0 Å². The van der Waals surface area contributed by atoms with Crippen molar-refractivity contribution >= 4 is 5.69 Å². The monoisotopic (exact) mass is 394 g/mol. The molecule has 158 valence electrons. The van der Waals surface area contributed by atoms with E-state index >= 15 is 0 Å². The van der Waals surface area contributed by atoms with E-state index in [0.717, 1.165) is 17.0 Å². The predicted molar refractivity (Wildman–Crippen MR) is 106 cm³/mol. The number of hydrogen-bond donors (Lipinski definition) is 3. The zero-order valence-electron chi connectivity index (χ0n) is 17.8. The first kappa shape index (κ1) is 21.3. The largest absolute Gasteiger partial charge is 0.390 e. The number of rotatable bonds is 4. The Labute approximate surface area is 167 Å². The van der Waals surface area contributed by atoms with Gasteiger partial charge in [-0.2, -0.15) is 0 Å². The zero-order valence-corrected chi connectivity index (χ0v) is 17.8. The normalized spacial score (nSPS) is 38.2. The van der Waals surface area contributed by atoms with Crippen LogP contribution in [0, 0.1) is 19.8 Å². The fraction of sp³-hybridized carbons (Fsp3) is 0.762. The van der Waals surface area contributed by atoms with Crippen LogP contribution in [0.1, 0.15) is 51.5 Å². The second-order valence-corrected chi connectivity index (χ2v) is 8.95. The van der Waals surface area contributed by atoms with Crippen molar-refractivity contribution in [3.63, 3.8) is 0 Å². The molecule has 0 spiro atoms. The summed E-state index contributed by atoms with van der Waals surface area (Å²) in [5, 5.41) is 38.0. The molecule has 2 fully saturated rings. The van der Waals surface area contributed by atoms with Crippen LogP contribution in [0.2, 0.25) is 0 Å². The lowest BCUT2D eigenvalue weighted by atomic mass is 9.59. The molecule has 1 saturated heterocycles. The third-order valence-corrected chi connectivity index (χ3v) is 6.59. The number of aryl methyl sites for hydroxylation is 2. The van der Waals surface area contributed by atoms with Gasteiger partial charge < -0.3 is 29.5 Å². The van der Waals surface area contributed by atoms with E-state index < -0.39 is 29.3 Å². The van der Waals surface area contributed by atoms with Gasteiger partial charge in [0.05, 0.1) is 29.5 Å². The topological polar surface area (TPSA) is 99.2 Å². The maximum absolute atomic E-state index is 11.8. The summed E-state index contributed by atoms with van der Waals surface area (Å²) in [5.74, 6) is 0.0534. The number of allylic oxidation sites excluding steroid dienone is 1. The van der Waals surface area contributed by atoms with Crippen LogP contribution in [-0.2, 0) is 4.74 Å². The van der Waals surface area contributed by atoms with Crippen molar-refractivity contribution in [2.24, 2.45) is 5.92 Å². The summed E-state index contributed by atoms with van der Waals surface area (Å²) in [6, 6.07) is -0.326. The first-order valence-electron chi connectivity index (χ1n) is 10.0. The second-order valence-electron chi connectivity index (χ2n) is 8.95. The molecule has 0 unspecified atom stereocenters. The summed E-state index contributed by atoms with van der Waals surface area (Å²) < 4.78 is 11.0. The van der Waals surface area contributed by atoms with Gasteiger partial charge in [0.25, 0.3) is 0 Å². The Morgan fingerprint density at radius 3 is 2.57 bits per heavy atom. The van der Waals surface area contributed by atoms with E-state index in [1.165, 1.54) is 7.11 Å². The number of anilines is 1. The summed E-state index contributed by atoms with van der Waals surface area (Å²) in [7, 11) is 1.53. The number of aliphatic hydroxyl groups is 3. The summed E-state index contributed by atoms with van der Waals surface area (Å²) >= 11 is 0. The molecule has 1 aliphatic heterocycles. The van der Waals surface area contributed by atoms with Crippen LogP contribution >= 0.6 is 0 Å². The van der Waals surface area contributed by atoms with E-state index in [4.69, 9.17) is 9.26 Å². The van der Waals surface area contributed by atoms with Crippen molar-refractivity contribution < 1.29 is 24.6 Å². The molecule has 3 rings (SSSR count). The Balaban J connectivity index is 2.13. The molecule has 1 saturated carbocycles. The molecule has 3 N–H and O–H groups in total. The average Bonchev–Trinajstić information content (AvgIpc) is 2.93. The number of β-amino-alcohol motifs (C(OH)–C–C–N with tert-alkyl or cyclic N) is 1. The number of hydrogen-bond acceptors (Lipinski definition) is 7. The van der Waals surface area contributed by atoms with E-state index in [1.807, 2.05) is 32.6 Å². The molecule has 1 aromatic rings. The molecule has 0 radical (unpaired) electrons. The molecule has 6 atom stereocenters. The van der Waals surface area contributed by atoms with Gasteiger partial charge in [-0.1, -0.05) is 16.8 Å². The van der Waals surface area contributed by atoms with Crippen molar-refractivity contribution in [3.05, 3.63) is 23.1 Å². The first-order chi connectivity index (χ1) is 13.0. The lowest BCUT2D eigenvalue weighted by Crippen LogP contribution is -2.75. The summed E-state index contributed by atoms with van der Waals surface area (Å²) in [6.45, 7) is 9.84. The number of ether oxygens (including phenoxy) is 1. The van der Waals surface area contributed by atoms with Crippen molar-refractivity contribution in [1.29, 1.82) is 0 Å². The minimum absolute atomic E-state index is 0.324. The lowest BCUT2D eigenvalue weighted by Gasteiger charge is -2.61. The maximum Gasteiger partial charge on any atom is 0.157 e. The number of piperidine rings is 1. The van der Waals surface area contributed by atoms with Crippen molar-refractivity contribution in [3.8, 4) is 0 Å². The Morgan fingerprint density at radius 2 is 2.04 bits per heavy atom. The highest BCUT2D eigenvalue weighted by Crippen LogP contribution is 2.50. The Morgan fingerprint density at radius 1 is 1.36 bits per heavy atom. The van der Waals surface area contributed by atoms with Crippen LogP contribution < -0.4 is 4.90 Å². The molecular formula is C21H34N2O5. The first-order valence-corrected chi connectivity index (χ1v) is 10.0. The van der Waals surface area contributed by atoms with E-state index in [1.54, 1.807) is 6.92 Å². The second kappa shape index (κ2) is 7.44. The summed E-state index contributed by atoms with van der Waals surface area (Å²) in [5.41, 5.74) is 0.205. The smallest absolute Gasteiger partial charge is 0.157 e. The van der Waals surface area contributed by atoms with Crippen LogP contribution in [0.5, 0.6) is 0 Å². The molecule has 1 aliphatic carbocycles. The van der Waals surface area contributed by atoms with E-state index in [2.05, 4.69) is 11.2 Å². The van der Waals surface area contributed by atoms with E-state index in [9.17, 15) is 15.3 Å². The van der Waals surface area contributed by atoms with Gasteiger partial charge in [-0.25, -0.2) is 0 Å². The Kier molecular flexibility index (Phi) is 5.66. The van der Waals surface area contributed by atoms with Crippen molar-refractivity contribution in [2.75, 3.05) is 18.6 Å². The Hall–Kier alpha value is -1.41. The highest BCUT2D eigenvalue weighted by atomic mass is 16.5. The van der Waals surface area contributed by atoms with Gasteiger partial charge in [0, 0.05) is 19.6 Å². The van der Waals surface area contributed by atoms with E-state index in [-0.39, 0.29) is 6.04 Å². The van der Waals surface area contributed by atoms with Crippen LogP contribution in [0.3, 0.4) is 0 Å². The standard InChI is InChI=1S/C21H34N2O5/c1-12(2)7-8-16-20(5,25)19-18(27-6)15(24)9-10-21(19,26)11-23(16)17-13(3)22-28-14(17)4/h7,15-16,18-19,24-26H,8-11H2,1-6H3/t15-,16+,18-,19-,20+,21+/m1/s1. The van der Waals surface area contributed by atoms with Gasteiger partial charge in [0.2, 0.25) is 0 Å². The molecule has 1 aromatic heterocycles. The van der Waals surface area contributed by atoms with Gasteiger partial charge in [-0.05, 0) is 53.9 Å². The molecule has 0 amide bonds. The van der Waals surface area contributed by atoms with Gasteiger partial charge in [-0.3, -0.25) is 0 Å². The summed E-state index contributed by atoms with van der Waals surface area (Å²) in [6.07, 6.45) is 2.17. The molecule has 0 bridgehead atoms. The van der Waals surface area contributed by atoms with Crippen LogP contribution in [0.4, 0.5) is 5.69 Å². The number of aliphatic hydroxyl groups excluding tert-OH is 1. The highest BCUT2D eigenvalue weighted by molar-refractivity contribution is 5.56. The third kappa shape index (κ3) is 3.38. The van der Waals surface area contributed by atoms with Gasteiger partial charge in [-0.15, -0.1) is 0 Å². The number of fused-ring (bicyclic) bond motifs is 1. The molecule has 0 aromatic carbocycles. The van der Waals surface area contributed by atoms with Crippen molar-refractivity contribution in [1.82, 2.24) is 5.16 Å². The van der Waals surface area contributed by atoms with Crippen LogP contribution in [-0.4, -0.2) is 63.6 Å². The lowest BCUT2D eigenvalue weighted by molar-refractivity contribution is -0.232. The summed E-state index contributed by atoms with van der Waals surface area (Å²) in [4.78, 5) is 2.04. The fourth-order valence-electron chi connectivity index (χ4n) is 5.36. The van der Waals surface area contributed by atoms with Gasteiger partial charge >= 0.3 is 0 Å². The minimum atomic E-state index is -1.31. The minimum Gasteiger partial charge on any atom is -0.390 e. The van der Waals surface area contributed by atoms with Gasteiger partial charge in [0.15, 0.2) is 5.76 Å². The average molecular weight is 395 g/mol. The molecule has 28 heavy (non-hydrogen) atoms. The predicted octanol–water partition coefficient (Wildman–Crippen LogP) is 2.10. The Bertz CT molecular complexity index is 720. The van der Waals surface area contributed by atoms with Crippen molar-refractivity contribution in [2.45, 2.75) is 83.3 Å². The quantitative estimate of drug-likeness (QED) is 0.673. The number of nitrogens with zero attached hydrogens (tertiary/aromatic N) is 2. The molecule has 2 aliphatic rings. The molecule has 7 heteroatoms. The maximum atomic E-state index is 11.8. The SMILES string of the molecule is CO[C@@H]1[C@H](O)CC[C@]2(O)CN(c3c(C)noc3C)[C@@H](CC=C(C)C)[C@](C)(O)[C@@H]12.